The van der Waals surface area contributed by atoms with Gasteiger partial charge in [0.05, 0.1) is 24.7 Å². The van der Waals surface area contributed by atoms with Crippen molar-refractivity contribution in [2.24, 2.45) is 0 Å². The van der Waals surface area contributed by atoms with E-state index in [1.54, 1.807) is 12.1 Å². The molecule has 2 amide bonds. The molecule has 1 atom stereocenters. The van der Waals surface area contributed by atoms with Crippen LogP contribution in [-0.4, -0.2) is 66.0 Å². The summed E-state index contributed by atoms with van der Waals surface area (Å²) in [6.45, 7) is 6.48. The first-order valence-corrected chi connectivity index (χ1v) is 11.8. The Morgan fingerprint density at radius 2 is 2.03 bits per heavy atom. The molecule has 180 valence electrons. The Morgan fingerprint density at radius 3 is 2.76 bits per heavy atom. The Balaban J connectivity index is 1.47. The predicted octanol–water partition coefficient (Wildman–Crippen LogP) is 3.58. The number of benzene rings is 1. The zero-order valence-corrected chi connectivity index (χ0v) is 20.0. The Morgan fingerprint density at radius 1 is 1.24 bits per heavy atom. The van der Waals surface area contributed by atoms with Gasteiger partial charge in [-0.2, -0.15) is 4.98 Å². The number of amides is 2. The van der Waals surface area contributed by atoms with Gasteiger partial charge in [-0.3, -0.25) is 9.59 Å². The van der Waals surface area contributed by atoms with Crippen molar-refractivity contribution in [2.45, 2.75) is 31.7 Å². The molecule has 2 aliphatic rings. The maximum Gasteiger partial charge on any atom is 0.254 e. The summed E-state index contributed by atoms with van der Waals surface area (Å²) in [4.78, 5) is 37.8. The number of piperidine rings is 1. The van der Waals surface area contributed by atoms with Gasteiger partial charge in [0, 0.05) is 37.8 Å². The quantitative estimate of drug-likeness (QED) is 0.579. The number of methoxy groups -OCH3 is 1. The fourth-order valence-corrected chi connectivity index (χ4v) is 4.51. The highest BCUT2D eigenvalue weighted by atomic mass is 35.5. The average molecular weight is 485 g/mol. The van der Waals surface area contributed by atoms with Crippen LogP contribution in [-0.2, 0) is 4.79 Å². The van der Waals surface area contributed by atoms with E-state index in [1.807, 2.05) is 11.0 Å². The Labute approximate surface area is 204 Å². The van der Waals surface area contributed by atoms with Gasteiger partial charge in [0.1, 0.15) is 5.02 Å². The van der Waals surface area contributed by atoms with Gasteiger partial charge in [-0.15, -0.1) is 0 Å². The predicted molar refractivity (Wildman–Crippen MR) is 133 cm³/mol. The van der Waals surface area contributed by atoms with Crippen molar-refractivity contribution in [3.05, 3.63) is 47.6 Å². The molecule has 4 rings (SSSR count). The lowest BCUT2D eigenvalue weighted by molar-refractivity contribution is -0.111. The summed E-state index contributed by atoms with van der Waals surface area (Å²) in [5.41, 5.74) is 2.16. The third-order valence-electron chi connectivity index (χ3n) is 6.10. The third-order valence-corrected chi connectivity index (χ3v) is 6.36. The lowest BCUT2D eigenvalue weighted by Crippen LogP contribution is -2.33. The topological polar surface area (TPSA) is 99.7 Å². The molecule has 1 aromatic heterocycles. The van der Waals surface area contributed by atoms with Gasteiger partial charge in [0.15, 0.2) is 0 Å². The molecular formula is C24H29ClN6O3. The Kier molecular flexibility index (Phi) is 7.52. The number of carbonyl (C=O) groups is 2. The number of likely N-dealkylation sites (tertiary alicyclic amines) is 1. The van der Waals surface area contributed by atoms with E-state index < -0.39 is 0 Å². The molecule has 0 unspecified atom stereocenters. The minimum Gasteiger partial charge on any atom is -0.480 e. The second kappa shape index (κ2) is 10.7. The van der Waals surface area contributed by atoms with Gasteiger partial charge >= 0.3 is 0 Å². The summed E-state index contributed by atoms with van der Waals surface area (Å²) >= 11 is 6.00. The first-order valence-electron chi connectivity index (χ1n) is 11.4. The highest BCUT2D eigenvalue weighted by Crippen LogP contribution is 2.31. The van der Waals surface area contributed by atoms with Gasteiger partial charge in [0.2, 0.25) is 17.7 Å². The summed E-state index contributed by atoms with van der Waals surface area (Å²) in [6, 6.07) is 5.48. The van der Waals surface area contributed by atoms with Crippen molar-refractivity contribution >= 4 is 40.7 Å². The van der Waals surface area contributed by atoms with Crippen LogP contribution >= 0.6 is 11.6 Å². The standard InChI is InChI=1S/C24H29ClN6O3/c1-3-21(32)28-19-8-7-16(13-20(19)30-10-5-4-6-11-30)23(33)31-12-9-17(15-31)27-24-26-14-18(25)22(29-24)34-2/h3,7-8,13-14,17H,1,4-6,9-12,15H2,2H3,(H,28,32)(H,26,27,29)/t17-/m0/s1. The maximum atomic E-state index is 13.3. The lowest BCUT2D eigenvalue weighted by atomic mass is 10.1. The molecule has 2 saturated heterocycles. The highest BCUT2D eigenvalue weighted by molar-refractivity contribution is 6.31. The molecule has 2 fully saturated rings. The molecule has 0 saturated carbocycles. The van der Waals surface area contributed by atoms with E-state index in [9.17, 15) is 9.59 Å². The zero-order chi connectivity index (χ0) is 24.1. The first-order chi connectivity index (χ1) is 16.5. The molecule has 10 heteroatoms. The van der Waals surface area contributed by atoms with Crippen LogP contribution in [0.2, 0.25) is 5.02 Å². The van der Waals surface area contributed by atoms with Crippen LogP contribution in [0.4, 0.5) is 17.3 Å². The number of nitrogens with one attached hydrogen (secondary N) is 2. The van der Waals surface area contributed by atoms with Crippen LogP contribution in [0.25, 0.3) is 0 Å². The monoisotopic (exact) mass is 484 g/mol. The van der Waals surface area contributed by atoms with E-state index in [0.717, 1.165) is 38.0 Å². The van der Waals surface area contributed by atoms with E-state index in [4.69, 9.17) is 16.3 Å². The number of anilines is 3. The van der Waals surface area contributed by atoms with Crippen molar-refractivity contribution in [1.82, 2.24) is 14.9 Å². The maximum absolute atomic E-state index is 13.3. The molecule has 0 aliphatic carbocycles. The lowest BCUT2D eigenvalue weighted by Gasteiger charge is -2.31. The van der Waals surface area contributed by atoms with E-state index in [1.165, 1.54) is 25.8 Å². The summed E-state index contributed by atoms with van der Waals surface area (Å²) in [5.74, 6) is 0.403. The summed E-state index contributed by atoms with van der Waals surface area (Å²) in [7, 11) is 1.50. The van der Waals surface area contributed by atoms with Crippen LogP contribution in [0.15, 0.2) is 37.1 Å². The molecule has 0 spiro atoms. The van der Waals surface area contributed by atoms with Crippen LogP contribution in [0, 0.1) is 0 Å². The van der Waals surface area contributed by atoms with Crippen LogP contribution < -0.4 is 20.3 Å². The van der Waals surface area contributed by atoms with E-state index >= 15 is 0 Å². The molecule has 1 aromatic carbocycles. The van der Waals surface area contributed by atoms with Crippen molar-refractivity contribution in [3.63, 3.8) is 0 Å². The summed E-state index contributed by atoms with van der Waals surface area (Å²) in [6.07, 6.45) is 6.87. The van der Waals surface area contributed by atoms with Crippen LogP contribution in [0.3, 0.4) is 0 Å². The Hall–Kier alpha value is -3.33. The number of nitrogens with zero attached hydrogens (tertiary/aromatic N) is 4. The van der Waals surface area contributed by atoms with Crippen LogP contribution in [0.5, 0.6) is 5.88 Å². The van der Waals surface area contributed by atoms with E-state index in [0.29, 0.717) is 41.2 Å². The fraction of sp³-hybridized carbons (Fsp3) is 0.417. The molecular weight excluding hydrogens is 456 g/mol. The molecule has 9 nitrogen and oxygen atoms in total. The van der Waals surface area contributed by atoms with Crippen LogP contribution in [0.1, 0.15) is 36.0 Å². The zero-order valence-electron chi connectivity index (χ0n) is 19.2. The molecule has 2 aromatic rings. The van der Waals surface area contributed by atoms with Gasteiger partial charge < -0.3 is 25.2 Å². The summed E-state index contributed by atoms with van der Waals surface area (Å²) in [5, 5.41) is 6.47. The fourth-order valence-electron chi connectivity index (χ4n) is 4.34. The number of carbonyl (C=O) groups excluding carboxylic acids is 2. The number of halogens is 1. The SMILES string of the molecule is C=CC(=O)Nc1ccc(C(=O)N2CC[C@H](Nc3ncc(Cl)c(OC)n3)C2)cc1N1CCCCC1. The van der Waals surface area contributed by atoms with Crippen molar-refractivity contribution in [2.75, 3.05) is 48.8 Å². The largest absolute Gasteiger partial charge is 0.480 e. The van der Waals surface area contributed by atoms with Crippen molar-refractivity contribution in [1.29, 1.82) is 0 Å². The van der Waals surface area contributed by atoms with Crippen molar-refractivity contribution < 1.29 is 14.3 Å². The van der Waals surface area contributed by atoms with Crippen molar-refractivity contribution in [3.8, 4) is 5.88 Å². The number of rotatable bonds is 7. The second-order valence-corrected chi connectivity index (χ2v) is 8.81. The Bertz CT molecular complexity index is 1070. The van der Waals surface area contributed by atoms with Gasteiger partial charge in [-0.05, 0) is 50.0 Å². The smallest absolute Gasteiger partial charge is 0.254 e. The minimum absolute atomic E-state index is 0.0162. The molecule has 3 heterocycles. The van der Waals surface area contributed by atoms with Gasteiger partial charge in [0.25, 0.3) is 5.91 Å². The normalized spacial score (nSPS) is 17.9. The average Bonchev–Trinajstić information content (AvgIpc) is 3.33. The van der Waals surface area contributed by atoms with Gasteiger partial charge in [-0.1, -0.05) is 18.2 Å². The van der Waals surface area contributed by atoms with E-state index in [-0.39, 0.29) is 17.9 Å². The second-order valence-electron chi connectivity index (χ2n) is 8.40. The third kappa shape index (κ3) is 5.41. The molecule has 2 aliphatic heterocycles. The molecule has 0 bridgehead atoms. The number of hydrogen-bond acceptors (Lipinski definition) is 7. The molecule has 0 radical (unpaired) electrons. The number of hydrogen-bond donors (Lipinski definition) is 2. The minimum atomic E-state index is -0.271. The molecule has 34 heavy (non-hydrogen) atoms. The first kappa shape index (κ1) is 23.8. The molecule has 2 N–H and O–H groups in total. The van der Waals surface area contributed by atoms with Gasteiger partial charge in [-0.25, -0.2) is 4.98 Å². The number of ether oxygens (including phenoxy) is 1. The van der Waals surface area contributed by atoms with E-state index in [2.05, 4.69) is 32.1 Å². The highest BCUT2D eigenvalue weighted by Gasteiger charge is 2.28. The number of aromatic nitrogens is 2. The summed E-state index contributed by atoms with van der Waals surface area (Å²) < 4.78 is 5.15.